The lowest BCUT2D eigenvalue weighted by Crippen LogP contribution is -2.03. The van der Waals surface area contributed by atoms with Gasteiger partial charge in [-0.2, -0.15) is 0 Å². The van der Waals surface area contributed by atoms with Crippen molar-refractivity contribution < 1.29 is 9.90 Å². The molecule has 0 spiro atoms. The Balaban J connectivity index is 2.65. The average Bonchev–Trinajstić information content (AvgIpc) is 2.43. The summed E-state index contributed by atoms with van der Waals surface area (Å²) >= 11 is 5.87. The van der Waals surface area contributed by atoms with Gasteiger partial charge in [0.1, 0.15) is 5.65 Å². The SMILES string of the molecule is Cc1ccc2nc(Cl)c(CC(=O)O)n2c1. The number of aromatic nitrogens is 2. The zero-order valence-corrected chi connectivity index (χ0v) is 8.82. The van der Waals surface area contributed by atoms with Crippen LogP contribution in [0.3, 0.4) is 0 Å². The molecule has 2 heterocycles. The second-order valence-electron chi connectivity index (χ2n) is 3.35. The number of imidazole rings is 1. The molecule has 0 aliphatic heterocycles. The Morgan fingerprint density at radius 1 is 1.60 bits per heavy atom. The maximum absolute atomic E-state index is 10.6. The van der Waals surface area contributed by atoms with Gasteiger partial charge >= 0.3 is 5.97 Å². The molecule has 2 aromatic heterocycles. The van der Waals surface area contributed by atoms with Crippen LogP contribution in [-0.4, -0.2) is 20.5 Å². The largest absolute Gasteiger partial charge is 0.481 e. The molecular formula is C10H9ClN2O2. The number of halogens is 1. The number of aliphatic carboxylic acids is 1. The Morgan fingerprint density at radius 2 is 2.33 bits per heavy atom. The van der Waals surface area contributed by atoms with E-state index in [0.717, 1.165) is 5.56 Å². The van der Waals surface area contributed by atoms with E-state index in [1.165, 1.54) is 0 Å². The summed E-state index contributed by atoms with van der Waals surface area (Å²) in [7, 11) is 0. The highest BCUT2D eigenvalue weighted by Crippen LogP contribution is 2.18. The summed E-state index contributed by atoms with van der Waals surface area (Å²) in [4.78, 5) is 14.7. The number of rotatable bonds is 2. The number of carboxylic acid groups (broad SMARTS) is 1. The fourth-order valence-electron chi connectivity index (χ4n) is 1.47. The fourth-order valence-corrected chi connectivity index (χ4v) is 1.72. The minimum absolute atomic E-state index is 0.122. The fraction of sp³-hybridized carbons (Fsp3) is 0.200. The molecule has 2 rings (SSSR count). The molecular weight excluding hydrogens is 216 g/mol. The van der Waals surface area contributed by atoms with Gasteiger partial charge in [-0.3, -0.25) is 4.79 Å². The van der Waals surface area contributed by atoms with E-state index < -0.39 is 5.97 Å². The number of hydrogen-bond donors (Lipinski definition) is 1. The maximum atomic E-state index is 10.6. The summed E-state index contributed by atoms with van der Waals surface area (Å²) in [6.07, 6.45) is 1.70. The van der Waals surface area contributed by atoms with Crippen LogP contribution in [0.1, 0.15) is 11.3 Å². The van der Waals surface area contributed by atoms with E-state index in [4.69, 9.17) is 16.7 Å². The zero-order valence-electron chi connectivity index (χ0n) is 8.07. The van der Waals surface area contributed by atoms with Crippen molar-refractivity contribution in [2.75, 3.05) is 0 Å². The summed E-state index contributed by atoms with van der Waals surface area (Å²) in [6.45, 7) is 1.93. The molecule has 0 atom stereocenters. The lowest BCUT2D eigenvalue weighted by molar-refractivity contribution is -0.136. The molecule has 0 saturated carbocycles. The second kappa shape index (κ2) is 3.55. The standard InChI is InChI=1S/C10H9ClN2O2/c1-6-2-3-8-12-10(11)7(4-9(14)15)13(8)5-6/h2-3,5H,4H2,1H3,(H,14,15). The van der Waals surface area contributed by atoms with Crippen LogP contribution in [0.4, 0.5) is 0 Å². The van der Waals surface area contributed by atoms with E-state index in [1.807, 2.05) is 25.3 Å². The van der Waals surface area contributed by atoms with Gasteiger partial charge in [0.05, 0.1) is 12.1 Å². The smallest absolute Gasteiger partial charge is 0.309 e. The third-order valence-corrected chi connectivity index (χ3v) is 2.44. The number of nitrogens with zero attached hydrogens (tertiary/aromatic N) is 2. The van der Waals surface area contributed by atoms with Crippen LogP contribution in [0.25, 0.3) is 5.65 Å². The van der Waals surface area contributed by atoms with Crippen molar-refractivity contribution in [2.24, 2.45) is 0 Å². The summed E-state index contributed by atoms with van der Waals surface area (Å²) in [6, 6.07) is 3.72. The first-order chi connectivity index (χ1) is 7.08. The molecule has 0 radical (unpaired) electrons. The van der Waals surface area contributed by atoms with Crippen molar-refractivity contribution in [1.82, 2.24) is 9.38 Å². The first-order valence-electron chi connectivity index (χ1n) is 4.43. The molecule has 1 N–H and O–H groups in total. The molecule has 78 valence electrons. The average molecular weight is 225 g/mol. The van der Waals surface area contributed by atoms with Gasteiger partial charge in [0.15, 0.2) is 5.15 Å². The van der Waals surface area contributed by atoms with E-state index in [1.54, 1.807) is 4.40 Å². The third-order valence-electron chi connectivity index (χ3n) is 2.14. The monoisotopic (exact) mass is 224 g/mol. The van der Waals surface area contributed by atoms with Crippen molar-refractivity contribution in [1.29, 1.82) is 0 Å². The Bertz CT molecular complexity index is 533. The van der Waals surface area contributed by atoms with Gasteiger partial charge in [-0.15, -0.1) is 0 Å². The van der Waals surface area contributed by atoms with Crippen LogP contribution in [-0.2, 0) is 11.2 Å². The van der Waals surface area contributed by atoms with E-state index >= 15 is 0 Å². The summed E-state index contributed by atoms with van der Waals surface area (Å²) < 4.78 is 1.71. The van der Waals surface area contributed by atoms with E-state index in [9.17, 15) is 4.79 Å². The van der Waals surface area contributed by atoms with Crippen molar-refractivity contribution in [3.8, 4) is 0 Å². The molecule has 15 heavy (non-hydrogen) atoms. The van der Waals surface area contributed by atoms with Crippen molar-refractivity contribution in [3.05, 3.63) is 34.7 Å². The van der Waals surface area contributed by atoms with Crippen LogP contribution in [0.5, 0.6) is 0 Å². The van der Waals surface area contributed by atoms with Crippen LogP contribution in [0, 0.1) is 6.92 Å². The number of pyridine rings is 1. The van der Waals surface area contributed by atoms with E-state index in [-0.39, 0.29) is 11.6 Å². The van der Waals surface area contributed by atoms with Gasteiger partial charge in [0, 0.05) is 6.20 Å². The lowest BCUT2D eigenvalue weighted by Gasteiger charge is -2.00. The van der Waals surface area contributed by atoms with Crippen LogP contribution in [0.2, 0.25) is 5.15 Å². The second-order valence-corrected chi connectivity index (χ2v) is 3.71. The molecule has 5 heteroatoms. The number of carboxylic acids is 1. The highest BCUT2D eigenvalue weighted by Gasteiger charge is 2.13. The number of carbonyl (C=O) groups is 1. The van der Waals surface area contributed by atoms with Crippen molar-refractivity contribution >= 4 is 23.2 Å². The molecule has 0 aliphatic rings. The van der Waals surface area contributed by atoms with Crippen LogP contribution >= 0.6 is 11.6 Å². The van der Waals surface area contributed by atoms with Gasteiger partial charge < -0.3 is 9.51 Å². The Labute approximate surface area is 91.1 Å². The van der Waals surface area contributed by atoms with Gasteiger partial charge in [0.2, 0.25) is 0 Å². The van der Waals surface area contributed by atoms with Crippen molar-refractivity contribution in [2.45, 2.75) is 13.3 Å². The molecule has 0 fully saturated rings. The number of hydrogen-bond acceptors (Lipinski definition) is 2. The molecule has 0 saturated heterocycles. The van der Waals surface area contributed by atoms with Gasteiger partial charge in [0.25, 0.3) is 0 Å². The van der Waals surface area contributed by atoms with E-state index in [2.05, 4.69) is 4.98 Å². The Morgan fingerprint density at radius 3 is 3.00 bits per heavy atom. The molecule has 0 bridgehead atoms. The molecule has 2 aromatic rings. The first-order valence-corrected chi connectivity index (χ1v) is 4.80. The van der Waals surface area contributed by atoms with Crippen LogP contribution < -0.4 is 0 Å². The quantitative estimate of drug-likeness (QED) is 0.848. The molecule has 4 nitrogen and oxygen atoms in total. The Kier molecular flexibility index (Phi) is 2.36. The van der Waals surface area contributed by atoms with Gasteiger partial charge in [-0.05, 0) is 18.6 Å². The first kappa shape index (κ1) is 9.98. The van der Waals surface area contributed by atoms with Gasteiger partial charge in [-0.25, -0.2) is 4.98 Å². The summed E-state index contributed by atoms with van der Waals surface area (Å²) in [5.41, 5.74) is 2.22. The molecule has 0 unspecified atom stereocenters. The van der Waals surface area contributed by atoms with Crippen LogP contribution in [0.15, 0.2) is 18.3 Å². The molecule has 0 amide bonds. The van der Waals surface area contributed by atoms with Crippen molar-refractivity contribution in [3.63, 3.8) is 0 Å². The predicted octanol–water partition coefficient (Wildman–Crippen LogP) is 1.92. The zero-order chi connectivity index (χ0) is 11.0. The third kappa shape index (κ3) is 1.80. The number of fused-ring (bicyclic) bond motifs is 1. The summed E-state index contributed by atoms with van der Waals surface area (Å²) in [5, 5.41) is 8.99. The normalized spacial score (nSPS) is 10.8. The summed E-state index contributed by atoms with van der Waals surface area (Å²) in [5.74, 6) is -0.916. The molecule has 0 aliphatic carbocycles. The predicted molar refractivity (Wildman–Crippen MR) is 56.3 cm³/mol. The van der Waals surface area contributed by atoms with E-state index in [0.29, 0.717) is 11.3 Å². The Hall–Kier alpha value is -1.55. The molecule has 0 aromatic carbocycles. The maximum Gasteiger partial charge on any atom is 0.309 e. The minimum atomic E-state index is -0.916. The highest BCUT2D eigenvalue weighted by molar-refractivity contribution is 6.30. The number of aryl methyl sites for hydroxylation is 1. The topological polar surface area (TPSA) is 54.6 Å². The minimum Gasteiger partial charge on any atom is -0.481 e. The van der Waals surface area contributed by atoms with Gasteiger partial charge in [-0.1, -0.05) is 17.7 Å². The highest BCUT2D eigenvalue weighted by atomic mass is 35.5. The lowest BCUT2D eigenvalue weighted by atomic mass is 10.3.